The van der Waals surface area contributed by atoms with Crippen LogP contribution in [0.5, 0.6) is 0 Å². The summed E-state index contributed by atoms with van der Waals surface area (Å²) in [4.78, 5) is 1.19. The first-order chi connectivity index (χ1) is 3.80. The van der Waals surface area contributed by atoms with E-state index in [1.165, 1.54) is 4.81 Å². The summed E-state index contributed by atoms with van der Waals surface area (Å²) in [6, 6.07) is 0. The van der Waals surface area contributed by atoms with Gasteiger partial charge in [-0.3, -0.25) is 13.4 Å². The molecule has 4 heteroatoms. The molecule has 0 aromatic rings. The molecule has 0 atom stereocenters. The molecule has 0 bridgehead atoms. The Morgan fingerprint density at radius 2 is 1.62 bits per heavy atom. The number of nitrogens with zero attached hydrogens (tertiary/aromatic N) is 1. The first-order valence-electron chi connectivity index (χ1n) is 2.83. The van der Waals surface area contributed by atoms with E-state index in [9.17, 15) is 8.63 Å². The van der Waals surface area contributed by atoms with E-state index in [0.717, 1.165) is 12.8 Å². The first kappa shape index (κ1) is 6.01. The average Bonchev–Trinajstić information content (AvgIpc) is 2.12. The van der Waals surface area contributed by atoms with Gasteiger partial charge in [-0.1, -0.05) is 0 Å². The topological polar surface area (TPSA) is 3.24 Å². The van der Waals surface area contributed by atoms with Gasteiger partial charge in [0.05, 0.1) is 0 Å². The van der Waals surface area contributed by atoms with Crippen molar-refractivity contribution in [3.8, 4) is 0 Å². The number of hydrogen-bond acceptors (Lipinski definition) is 1. The van der Waals surface area contributed by atoms with Crippen LogP contribution in [0.3, 0.4) is 0 Å². The zero-order valence-corrected chi connectivity index (χ0v) is 4.61. The van der Waals surface area contributed by atoms with Crippen LogP contribution in [0, 0.1) is 0 Å². The van der Waals surface area contributed by atoms with Gasteiger partial charge in [-0.05, 0) is 25.9 Å². The maximum absolute atomic E-state index is 11.7. The first-order valence-corrected chi connectivity index (χ1v) is 2.83. The molecule has 0 radical (unpaired) electrons. The van der Waals surface area contributed by atoms with E-state index in [2.05, 4.69) is 0 Å². The molecule has 1 fully saturated rings. The summed E-state index contributed by atoms with van der Waals surface area (Å²) in [6.07, 6.45) is 1.87. The fraction of sp³-hybridized carbons (Fsp3) is 1.00. The zero-order chi connectivity index (χ0) is 5.98. The maximum atomic E-state index is 11.7. The number of halogens is 2. The summed E-state index contributed by atoms with van der Waals surface area (Å²) in [6.45, 7) is 1.16. The third-order valence-corrected chi connectivity index (χ3v) is 1.42. The summed E-state index contributed by atoms with van der Waals surface area (Å²) in [5, 5.41) is 0. The van der Waals surface area contributed by atoms with Gasteiger partial charge in [0, 0.05) is 0 Å². The Balaban J connectivity index is 2.24. The van der Waals surface area contributed by atoms with Crippen LogP contribution in [0.1, 0.15) is 12.8 Å². The van der Waals surface area contributed by atoms with Gasteiger partial charge in [0.1, 0.15) is 0 Å². The lowest BCUT2D eigenvalue weighted by Gasteiger charge is -2.07. The lowest BCUT2D eigenvalue weighted by atomic mass is 10.2. The Morgan fingerprint density at radius 3 is 1.88 bits per heavy atom. The second-order valence-corrected chi connectivity index (χ2v) is 2.02. The van der Waals surface area contributed by atoms with Crippen LogP contribution < -0.4 is 0 Å². The zero-order valence-electron chi connectivity index (χ0n) is 4.61. The van der Waals surface area contributed by atoms with E-state index < -0.39 is 7.40 Å². The van der Waals surface area contributed by atoms with E-state index in [1.807, 2.05) is 0 Å². The van der Waals surface area contributed by atoms with Crippen molar-refractivity contribution in [2.45, 2.75) is 12.8 Å². The van der Waals surface area contributed by atoms with E-state index in [1.54, 1.807) is 0 Å². The molecule has 0 aromatic heterocycles. The van der Waals surface area contributed by atoms with Crippen molar-refractivity contribution in [2.24, 2.45) is 0 Å². The second-order valence-electron chi connectivity index (χ2n) is 2.02. The highest BCUT2D eigenvalue weighted by Gasteiger charge is 2.26. The van der Waals surface area contributed by atoms with Gasteiger partial charge in [0.15, 0.2) is 0 Å². The van der Waals surface area contributed by atoms with Gasteiger partial charge in [-0.2, -0.15) is 0 Å². The van der Waals surface area contributed by atoms with Crippen molar-refractivity contribution in [1.82, 2.24) is 4.81 Å². The molecule has 0 saturated carbocycles. The third kappa shape index (κ3) is 1.19. The molecule has 0 spiro atoms. The molecule has 1 saturated heterocycles. The quantitative estimate of drug-likeness (QED) is 0.465. The van der Waals surface area contributed by atoms with E-state index in [-0.39, 0.29) is 0 Å². The number of hydrogen-bond donors (Lipinski definition) is 0. The molecule has 0 aromatic carbocycles. The highest BCUT2D eigenvalue weighted by atomic mass is 19.2. The van der Waals surface area contributed by atoms with E-state index >= 15 is 0 Å². The highest BCUT2D eigenvalue weighted by molar-refractivity contribution is 6.39. The highest BCUT2D eigenvalue weighted by Crippen LogP contribution is 2.09. The van der Waals surface area contributed by atoms with Crippen molar-refractivity contribution >= 4 is 7.40 Å². The number of rotatable bonds is 1. The maximum Gasteiger partial charge on any atom is 0.636 e. The minimum atomic E-state index is -2.22. The van der Waals surface area contributed by atoms with Crippen LogP contribution in [0.25, 0.3) is 0 Å². The van der Waals surface area contributed by atoms with Crippen LogP contribution >= 0.6 is 0 Å². The second kappa shape index (κ2) is 2.44. The third-order valence-electron chi connectivity index (χ3n) is 1.42. The molecule has 0 N–H and O–H groups in total. The standard InChI is InChI=1S/C4H8BF2N/c6-5(7)8-3-1-2-4-8/h1-4H2. The molecular formula is C4H8BF2N. The van der Waals surface area contributed by atoms with Crippen LogP contribution in [0.15, 0.2) is 0 Å². The molecular weight excluding hydrogens is 111 g/mol. The molecule has 1 aliphatic heterocycles. The SMILES string of the molecule is FB(F)N1CCCC1. The average molecular weight is 119 g/mol. The molecule has 8 heavy (non-hydrogen) atoms. The fourth-order valence-corrected chi connectivity index (χ4v) is 0.937. The van der Waals surface area contributed by atoms with Gasteiger partial charge in [0.2, 0.25) is 0 Å². The summed E-state index contributed by atoms with van der Waals surface area (Å²) in [5.41, 5.74) is 0. The summed E-state index contributed by atoms with van der Waals surface area (Å²) in [7, 11) is -2.22. The predicted octanol–water partition coefficient (Wildman–Crippen LogP) is 1.01. The van der Waals surface area contributed by atoms with E-state index in [4.69, 9.17) is 0 Å². The minimum Gasteiger partial charge on any atom is -0.283 e. The van der Waals surface area contributed by atoms with Crippen LogP contribution in [-0.4, -0.2) is 25.3 Å². The lowest BCUT2D eigenvalue weighted by molar-refractivity contribution is 0.426. The van der Waals surface area contributed by atoms with Gasteiger partial charge >= 0.3 is 7.40 Å². The van der Waals surface area contributed by atoms with Crippen LogP contribution in [-0.2, 0) is 0 Å². The van der Waals surface area contributed by atoms with Crippen LogP contribution in [0.2, 0.25) is 0 Å². The van der Waals surface area contributed by atoms with Crippen molar-refractivity contribution in [3.63, 3.8) is 0 Å². The Kier molecular flexibility index (Phi) is 1.83. The summed E-state index contributed by atoms with van der Waals surface area (Å²) >= 11 is 0. The minimum absolute atomic E-state index is 0.581. The van der Waals surface area contributed by atoms with Crippen molar-refractivity contribution in [3.05, 3.63) is 0 Å². The Hall–Kier alpha value is -0.115. The van der Waals surface area contributed by atoms with Crippen molar-refractivity contribution in [1.29, 1.82) is 0 Å². The lowest BCUT2D eigenvalue weighted by Crippen LogP contribution is -2.29. The van der Waals surface area contributed by atoms with Gasteiger partial charge in [-0.15, -0.1) is 0 Å². The molecule has 1 aliphatic rings. The van der Waals surface area contributed by atoms with E-state index in [0.29, 0.717) is 13.1 Å². The smallest absolute Gasteiger partial charge is 0.283 e. The Morgan fingerprint density at radius 1 is 1.12 bits per heavy atom. The Labute approximate surface area is 47.9 Å². The van der Waals surface area contributed by atoms with Crippen molar-refractivity contribution < 1.29 is 8.63 Å². The molecule has 0 aliphatic carbocycles. The predicted molar refractivity (Wildman–Crippen MR) is 28.8 cm³/mol. The van der Waals surface area contributed by atoms with Crippen LogP contribution in [0.4, 0.5) is 8.63 Å². The van der Waals surface area contributed by atoms with Gasteiger partial charge in [0.25, 0.3) is 0 Å². The Bertz CT molecular complexity index is 72.4. The van der Waals surface area contributed by atoms with Gasteiger partial charge in [-0.25, -0.2) is 0 Å². The summed E-state index contributed by atoms with van der Waals surface area (Å²) < 4.78 is 23.3. The van der Waals surface area contributed by atoms with Crippen molar-refractivity contribution in [2.75, 3.05) is 13.1 Å². The normalized spacial score (nSPS) is 21.8. The molecule has 46 valence electrons. The molecule has 1 heterocycles. The van der Waals surface area contributed by atoms with Gasteiger partial charge < -0.3 is 0 Å². The molecule has 0 unspecified atom stereocenters. The monoisotopic (exact) mass is 119 g/mol. The summed E-state index contributed by atoms with van der Waals surface area (Å²) in [5.74, 6) is 0. The molecule has 0 amide bonds. The largest absolute Gasteiger partial charge is 0.636 e. The molecule has 1 nitrogen and oxygen atoms in total. The molecule has 1 rings (SSSR count). The fourth-order valence-electron chi connectivity index (χ4n) is 0.937.